The van der Waals surface area contributed by atoms with Crippen molar-refractivity contribution >= 4 is 15.8 Å². The average molecular weight is 292 g/mol. The Hall–Kier alpha value is -1.50. The van der Waals surface area contributed by atoms with Gasteiger partial charge in [-0.1, -0.05) is 13.8 Å². The first-order chi connectivity index (χ1) is 8.45. The van der Waals surface area contributed by atoms with E-state index in [-0.39, 0.29) is 10.5 Å². The van der Waals surface area contributed by atoms with E-state index >= 15 is 0 Å². The Balaban J connectivity index is 3.51. The number of rotatable bonds is 4. The second kappa shape index (κ2) is 4.88. The van der Waals surface area contributed by atoms with Crippen LogP contribution in [0.4, 0.5) is 8.78 Å². The molecule has 0 unspecified atom stereocenters. The van der Waals surface area contributed by atoms with E-state index in [9.17, 15) is 22.0 Å². The molecule has 19 heavy (non-hydrogen) atoms. The number of hydrogen-bond acceptors (Lipinski definition) is 3. The summed E-state index contributed by atoms with van der Waals surface area (Å²) in [6.45, 7) is 2.82. The van der Waals surface area contributed by atoms with Crippen molar-refractivity contribution in [2.75, 3.05) is 6.26 Å². The van der Waals surface area contributed by atoms with Gasteiger partial charge in [-0.2, -0.15) is 0 Å². The van der Waals surface area contributed by atoms with Crippen molar-refractivity contribution in [3.05, 3.63) is 29.3 Å². The summed E-state index contributed by atoms with van der Waals surface area (Å²) in [6, 6.07) is 1.57. The second-order valence-electron chi connectivity index (χ2n) is 4.99. The van der Waals surface area contributed by atoms with Crippen molar-refractivity contribution in [3.63, 3.8) is 0 Å². The molecule has 1 aromatic rings. The van der Waals surface area contributed by atoms with Gasteiger partial charge in [-0.3, -0.25) is 4.79 Å². The van der Waals surface area contributed by atoms with Crippen molar-refractivity contribution in [1.82, 2.24) is 0 Å². The van der Waals surface area contributed by atoms with Crippen LogP contribution in [-0.2, 0) is 20.0 Å². The van der Waals surface area contributed by atoms with Crippen molar-refractivity contribution < 1.29 is 27.1 Å². The topological polar surface area (TPSA) is 71.4 Å². The van der Waals surface area contributed by atoms with Gasteiger partial charge in [0.1, 0.15) is 0 Å². The van der Waals surface area contributed by atoms with Crippen LogP contribution in [-0.4, -0.2) is 25.7 Å². The highest BCUT2D eigenvalue weighted by atomic mass is 32.2. The zero-order valence-corrected chi connectivity index (χ0v) is 11.5. The van der Waals surface area contributed by atoms with Gasteiger partial charge in [0.15, 0.2) is 21.5 Å². The average Bonchev–Trinajstić information content (AvgIpc) is 2.17. The van der Waals surface area contributed by atoms with E-state index in [0.29, 0.717) is 6.07 Å². The molecule has 0 atom stereocenters. The molecule has 0 fully saturated rings. The quantitative estimate of drug-likeness (QED) is 0.863. The number of halogens is 2. The van der Waals surface area contributed by atoms with E-state index in [0.717, 1.165) is 12.3 Å². The Morgan fingerprint density at radius 1 is 1.32 bits per heavy atom. The molecule has 0 aliphatic carbocycles. The predicted molar refractivity (Wildman–Crippen MR) is 64.7 cm³/mol. The highest BCUT2D eigenvalue weighted by Crippen LogP contribution is 2.32. The number of carbonyl (C=O) groups is 1. The molecule has 0 heterocycles. The molecular weight excluding hydrogens is 278 g/mol. The van der Waals surface area contributed by atoms with Gasteiger partial charge in [0.25, 0.3) is 0 Å². The molecule has 7 heteroatoms. The van der Waals surface area contributed by atoms with Crippen molar-refractivity contribution in [2.45, 2.75) is 30.6 Å². The van der Waals surface area contributed by atoms with Crippen molar-refractivity contribution in [3.8, 4) is 0 Å². The molecule has 0 spiro atoms. The third-order valence-corrected chi connectivity index (χ3v) is 3.84. The van der Waals surface area contributed by atoms with Gasteiger partial charge in [0, 0.05) is 11.7 Å². The summed E-state index contributed by atoms with van der Waals surface area (Å²) in [5, 5.41) is 8.77. The zero-order valence-electron chi connectivity index (χ0n) is 10.7. The molecular formula is C12H14F2O4S. The molecule has 1 N–H and O–H groups in total. The maximum Gasteiger partial charge on any atom is 0.304 e. The first-order valence-corrected chi connectivity index (χ1v) is 7.25. The van der Waals surface area contributed by atoms with Crippen LogP contribution in [0, 0.1) is 11.6 Å². The van der Waals surface area contributed by atoms with E-state index in [1.54, 1.807) is 0 Å². The highest BCUT2D eigenvalue weighted by molar-refractivity contribution is 7.90. The normalized spacial score (nSPS) is 12.5. The van der Waals surface area contributed by atoms with Crippen LogP contribution < -0.4 is 0 Å². The van der Waals surface area contributed by atoms with E-state index < -0.39 is 39.3 Å². The Labute approximate surface area is 110 Å². The lowest BCUT2D eigenvalue weighted by Gasteiger charge is -2.24. The fourth-order valence-electron chi connectivity index (χ4n) is 1.74. The minimum Gasteiger partial charge on any atom is -0.481 e. The van der Waals surface area contributed by atoms with E-state index in [2.05, 4.69) is 0 Å². The minimum absolute atomic E-state index is 0.268. The van der Waals surface area contributed by atoms with E-state index in [1.165, 1.54) is 13.8 Å². The van der Waals surface area contributed by atoms with Crippen LogP contribution in [0.2, 0.25) is 0 Å². The van der Waals surface area contributed by atoms with E-state index in [1.807, 2.05) is 0 Å². The first kappa shape index (κ1) is 15.6. The summed E-state index contributed by atoms with van der Waals surface area (Å²) in [4.78, 5) is 10.4. The van der Waals surface area contributed by atoms with Gasteiger partial charge in [-0.05, 0) is 17.7 Å². The van der Waals surface area contributed by atoms with Crippen LogP contribution in [0.15, 0.2) is 17.0 Å². The number of sulfone groups is 1. The van der Waals surface area contributed by atoms with Gasteiger partial charge in [-0.25, -0.2) is 17.2 Å². The van der Waals surface area contributed by atoms with Crippen molar-refractivity contribution in [1.29, 1.82) is 0 Å². The molecule has 1 aromatic carbocycles. The smallest absolute Gasteiger partial charge is 0.304 e. The second-order valence-corrected chi connectivity index (χ2v) is 7.01. The molecule has 0 saturated carbocycles. The van der Waals surface area contributed by atoms with Gasteiger partial charge in [0.05, 0.1) is 11.3 Å². The number of carboxylic acid groups (broad SMARTS) is 1. The van der Waals surface area contributed by atoms with Gasteiger partial charge >= 0.3 is 5.97 Å². The first-order valence-electron chi connectivity index (χ1n) is 5.36. The van der Waals surface area contributed by atoms with Crippen LogP contribution in [0.25, 0.3) is 0 Å². The SMILES string of the molecule is CC(C)(CC(=O)O)c1cc(S(C)(=O)=O)cc(F)c1F. The molecule has 1 rings (SSSR count). The van der Waals surface area contributed by atoms with Gasteiger partial charge in [0.2, 0.25) is 0 Å². The summed E-state index contributed by atoms with van der Waals surface area (Å²) in [5.41, 5.74) is -1.49. The van der Waals surface area contributed by atoms with Crippen LogP contribution in [0.3, 0.4) is 0 Å². The molecule has 0 radical (unpaired) electrons. The summed E-state index contributed by atoms with van der Waals surface area (Å²) >= 11 is 0. The lowest BCUT2D eigenvalue weighted by Crippen LogP contribution is -2.24. The Morgan fingerprint density at radius 2 is 1.84 bits per heavy atom. The third-order valence-electron chi connectivity index (χ3n) is 2.75. The molecule has 106 valence electrons. The maximum atomic E-state index is 13.8. The monoisotopic (exact) mass is 292 g/mol. The molecule has 0 amide bonds. The standard InChI is InChI=1S/C12H14F2O4S/c1-12(2,6-10(15)16)8-4-7(19(3,17)18)5-9(13)11(8)14/h4-5H,6H2,1-3H3,(H,15,16). The fourth-order valence-corrected chi connectivity index (χ4v) is 2.39. The number of hydrogen-bond donors (Lipinski definition) is 1. The summed E-state index contributed by atoms with van der Waals surface area (Å²) in [7, 11) is -3.71. The third kappa shape index (κ3) is 3.50. The molecule has 0 aromatic heterocycles. The molecule has 4 nitrogen and oxygen atoms in total. The Morgan fingerprint density at radius 3 is 2.26 bits per heavy atom. The minimum atomic E-state index is -3.71. The Kier molecular flexibility index (Phi) is 4.00. The Bertz CT molecular complexity index is 621. The largest absolute Gasteiger partial charge is 0.481 e. The summed E-state index contributed by atoms with van der Waals surface area (Å²) < 4.78 is 50.0. The van der Waals surface area contributed by atoms with Gasteiger partial charge < -0.3 is 5.11 Å². The summed E-state index contributed by atoms with van der Waals surface area (Å²) in [5.74, 6) is -3.72. The lowest BCUT2D eigenvalue weighted by molar-refractivity contribution is -0.138. The number of aliphatic carboxylic acids is 1. The zero-order chi connectivity index (χ0) is 15.0. The van der Waals surface area contributed by atoms with Gasteiger partial charge in [-0.15, -0.1) is 0 Å². The van der Waals surface area contributed by atoms with Crippen LogP contribution >= 0.6 is 0 Å². The van der Waals surface area contributed by atoms with Crippen LogP contribution in [0.5, 0.6) is 0 Å². The fraction of sp³-hybridized carbons (Fsp3) is 0.417. The van der Waals surface area contributed by atoms with Crippen molar-refractivity contribution in [2.24, 2.45) is 0 Å². The molecule has 0 aliphatic heterocycles. The number of benzene rings is 1. The van der Waals surface area contributed by atoms with E-state index in [4.69, 9.17) is 5.11 Å². The summed E-state index contributed by atoms with van der Waals surface area (Å²) in [6.07, 6.45) is 0.421. The number of carboxylic acids is 1. The molecule has 0 saturated heterocycles. The molecule has 0 bridgehead atoms. The lowest BCUT2D eigenvalue weighted by atomic mass is 9.81. The molecule has 0 aliphatic rings. The maximum absolute atomic E-state index is 13.8. The highest BCUT2D eigenvalue weighted by Gasteiger charge is 2.30. The predicted octanol–water partition coefficient (Wildman–Crippen LogP) is 2.12. The van der Waals surface area contributed by atoms with Crippen LogP contribution in [0.1, 0.15) is 25.8 Å².